The van der Waals surface area contributed by atoms with Gasteiger partial charge in [-0.15, -0.1) is 0 Å². The van der Waals surface area contributed by atoms with Gasteiger partial charge in [0.05, 0.1) is 0 Å². The van der Waals surface area contributed by atoms with Crippen molar-refractivity contribution in [3.8, 4) is 0 Å². The van der Waals surface area contributed by atoms with Crippen LogP contribution in [-0.4, -0.2) is 22.6 Å². The molecule has 1 atom stereocenters. The van der Waals surface area contributed by atoms with Crippen molar-refractivity contribution in [2.24, 2.45) is 0 Å². The number of nitrogens with one attached hydrogen (secondary N) is 1. The normalized spacial score (nSPS) is 18.0. The Morgan fingerprint density at radius 1 is 1.26 bits per heavy atom. The number of aryl methyl sites for hydroxylation is 1. The van der Waals surface area contributed by atoms with Gasteiger partial charge in [-0.25, -0.2) is 4.98 Å². The Hall–Kier alpha value is -1.62. The van der Waals surface area contributed by atoms with Gasteiger partial charge in [0, 0.05) is 34.5 Å². The van der Waals surface area contributed by atoms with Gasteiger partial charge < -0.3 is 10.2 Å². The SMILES string of the molecule is CCC1CCCCN1c1cc(C)nc(Nc2cccc(Br)c2)n1. The molecular formula is C18H23BrN4. The van der Waals surface area contributed by atoms with E-state index in [1.165, 1.54) is 19.3 Å². The number of halogens is 1. The number of anilines is 3. The minimum atomic E-state index is 0.594. The number of piperidine rings is 1. The molecule has 1 aromatic carbocycles. The van der Waals surface area contributed by atoms with Gasteiger partial charge in [0.2, 0.25) is 5.95 Å². The van der Waals surface area contributed by atoms with Crippen LogP contribution in [0, 0.1) is 6.92 Å². The van der Waals surface area contributed by atoms with Crippen molar-refractivity contribution in [3.63, 3.8) is 0 Å². The molecule has 0 saturated carbocycles. The second-order valence-corrected chi connectivity index (χ2v) is 6.99. The van der Waals surface area contributed by atoms with Crippen LogP contribution >= 0.6 is 15.9 Å². The lowest BCUT2D eigenvalue weighted by atomic mass is 10.00. The summed E-state index contributed by atoms with van der Waals surface area (Å²) in [5.74, 6) is 1.71. The first-order valence-electron chi connectivity index (χ1n) is 8.30. The van der Waals surface area contributed by atoms with Crippen molar-refractivity contribution >= 4 is 33.4 Å². The van der Waals surface area contributed by atoms with E-state index in [-0.39, 0.29) is 0 Å². The molecule has 1 aliphatic rings. The molecule has 5 heteroatoms. The van der Waals surface area contributed by atoms with Crippen molar-refractivity contribution in [1.29, 1.82) is 0 Å². The fourth-order valence-electron chi connectivity index (χ4n) is 3.18. The van der Waals surface area contributed by atoms with E-state index >= 15 is 0 Å². The lowest BCUT2D eigenvalue weighted by Gasteiger charge is -2.36. The van der Waals surface area contributed by atoms with Crippen LogP contribution in [0.5, 0.6) is 0 Å². The second-order valence-electron chi connectivity index (χ2n) is 6.08. The van der Waals surface area contributed by atoms with Crippen LogP contribution in [-0.2, 0) is 0 Å². The number of hydrogen-bond donors (Lipinski definition) is 1. The van der Waals surface area contributed by atoms with Crippen LogP contribution < -0.4 is 10.2 Å². The highest BCUT2D eigenvalue weighted by Crippen LogP contribution is 2.27. The van der Waals surface area contributed by atoms with E-state index in [0.29, 0.717) is 12.0 Å². The standard InChI is InChI=1S/C18H23BrN4/c1-3-16-9-4-5-10-23(16)17-11-13(2)20-18(22-17)21-15-8-6-7-14(19)12-15/h6-8,11-12,16H,3-5,9-10H2,1-2H3,(H,20,21,22). The van der Waals surface area contributed by atoms with E-state index in [0.717, 1.165) is 34.6 Å². The van der Waals surface area contributed by atoms with Crippen molar-refractivity contribution in [2.45, 2.75) is 45.6 Å². The predicted molar refractivity (Wildman–Crippen MR) is 99.5 cm³/mol. The molecule has 1 N–H and O–H groups in total. The average molecular weight is 375 g/mol. The number of benzene rings is 1. The Balaban J connectivity index is 1.86. The average Bonchev–Trinajstić information content (AvgIpc) is 2.54. The molecule has 0 amide bonds. The molecule has 23 heavy (non-hydrogen) atoms. The van der Waals surface area contributed by atoms with Crippen LogP contribution in [0.3, 0.4) is 0 Å². The summed E-state index contributed by atoms with van der Waals surface area (Å²) in [6.45, 7) is 5.38. The topological polar surface area (TPSA) is 41.1 Å². The number of rotatable bonds is 4. The number of nitrogens with zero attached hydrogens (tertiary/aromatic N) is 3. The van der Waals surface area contributed by atoms with Gasteiger partial charge in [-0.2, -0.15) is 4.98 Å². The van der Waals surface area contributed by atoms with Gasteiger partial charge in [0.15, 0.2) is 0 Å². The molecule has 1 saturated heterocycles. The van der Waals surface area contributed by atoms with Gasteiger partial charge in [-0.3, -0.25) is 0 Å². The summed E-state index contributed by atoms with van der Waals surface area (Å²) in [6.07, 6.45) is 4.99. The lowest BCUT2D eigenvalue weighted by molar-refractivity contribution is 0.446. The highest BCUT2D eigenvalue weighted by Gasteiger charge is 2.22. The van der Waals surface area contributed by atoms with Crippen LogP contribution in [0.15, 0.2) is 34.8 Å². The zero-order valence-electron chi connectivity index (χ0n) is 13.7. The molecule has 1 aliphatic heterocycles. The minimum Gasteiger partial charge on any atom is -0.353 e. The van der Waals surface area contributed by atoms with Crippen LogP contribution in [0.2, 0.25) is 0 Å². The molecule has 0 spiro atoms. The van der Waals surface area contributed by atoms with Gasteiger partial charge in [-0.1, -0.05) is 28.9 Å². The third kappa shape index (κ3) is 4.02. The Labute approximate surface area is 146 Å². The molecule has 1 unspecified atom stereocenters. The van der Waals surface area contributed by atoms with E-state index in [1.54, 1.807) is 0 Å². The van der Waals surface area contributed by atoms with E-state index in [1.807, 2.05) is 31.2 Å². The molecule has 1 aromatic heterocycles. The zero-order valence-corrected chi connectivity index (χ0v) is 15.3. The largest absolute Gasteiger partial charge is 0.353 e. The highest BCUT2D eigenvalue weighted by atomic mass is 79.9. The molecule has 2 aromatic rings. The lowest BCUT2D eigenvalue weighted by Crippen LogP contribution is -2.39. The summed E-state index contributed by atoms with van der Waals surface area (Å²) in [5, 5.41) is 3.32. The third-order valence-corrected chi connectivity index (χ3v) is 4.81. The van der Waals surface area contributed by atoms with Crippen LogP contribution in [0.25, 0.3) is 0 Å². The van der Waals surface area contributed by atoms with Crippen molar-refractivity contribution < 1.29 is 0 Å². The fraction of sp³-hybridized carbons (Fsp3) is 0.444. The smallest absolute Gasteiger partial charge is 0.229 e. The highest BCUT2D eigenvalue weighted by molar-refractivity contribution is 9.10. The summed E-state index contributed by atoms with van der Waals surface area (Å²) >= 11 is 3.50. The molecule has 1 fully saturated rings. The number of aromatic nitrogens is 2. The molecular weight excluding hydrogens is 352 g/mol. The molecule has 122 valence electrons. The maximum atomic E-state index is 4.77. The quantitative estimate of drug-likeness (QED) is 0.811. The molecule has 0 radical (unpaired) electrons. The summed E-state index contributed by atoms with van der Waals surface area (Å²) in [6, 6.07) is 10.7. The molecule has 2 heterocycles. The van der Waals surface area contributed by atoms with Gasteiger partial charge in [-0.05, 0) is 50.8 Å². The Kier molecular flexibility index (Phi) is 5.16. The molecule has 0 aliphatic carbocycles. The first-order chi connectivity index (χ1) is 11.2. The number of hydrogen-bond acceptors (Lipinski definition) is 4. The first-order valence-corrected chi connectivity index (χ1v) is 9.10. The van der Waals surface area contributed by atoms with Gasteiger partial charge >= 0.3 is 0 Å². The van der Waals surface area contributed by atoms with E-state index in [4.69, 9.17) is 4.98 Å². The van der Waals surface area contributed by atoms with Crippen LogP contribution in [0.4, 0.5) is 17.5 Å². The third-order valence-electron chi connectivity index (χ3n) is 4.31. The van der Waals surface area contributed by atoms with E-state index < -0.39 is 0 Å². The maximum absolute atomic E-state index is 4.77. The van der Waals surface area contributed by atoms with Crippen molar-refractivity contribution in [1.82, 2.24) is 9.97 Å². The first kappa shape index (κ1) is 16.2. The maximum Gasteiger partial charge on any atom is 0.229 e. The Morgan fingerprint density at radius 2 is 2.13 bits per heavy atom. The monoisotopic (exact) mass is 374 g/mol. The fourth-order valence-corrected chi connectivity index (χ4v) is 3.58. The molecule has 0 bridgehead atoms. The minimum absolute atomic E-state index is 0.594. The molecule has 3 rings (SSSR count). The summed E-state index contributed by atoms with van der Waals surface area (Å²) in [7, 11) is 0. The van der Waals surface area contributed by atoms with Crippen LogP contribution in [0.1, 0.15) is 38.3 Å². The van der Waals surface area contributed by atoms with Crippen molar-refractivity contribution in [2.75, 3.05) is 16.8 Å². The summed E-state index contributed by atoms with van der Waals surface area (Å²) in [5.41, 5.74) is 1.98. The van der Waals surface area contributed by atoms with E-state index in [2.05, 4.69) is 44.1 Å². The Morgan fingerprint density at radius 3 is 2.91 bits per heavy atom. The predicted octanol–water partition coefficient (Wildman–Crippen LogP) is 5.06. The zero-order chi connectivity index (χ0) is 16.2. The van der Waals surface area contributed by atoms with Gasteiger partial charge in [0.1, 0.15) is 5.82 Å². The van der Waals surface area contributed by atoms with Gasteiger partial charge in [0.25, 0.3) is 0 Å². The van der Waals surface area contributed by atoms with E-state index in [9.17, 15) is 0 Å². The summed E-state index contributed by atoms with van der Waals surface area (Å²) in [4.78, 5) is 11.8. The van der Waals surface area contributed by atoms with Crippen molar-refractivity contribution in [3.05, 3.63) is 40.5 Å². The Bertz CT molecular complexity index is 674. The summed E-state index contributed by atoms with van der Waals surface area (Å²) < 4.78 is 1.04. The molecule has 4 nitrogen and oxygen atoms in total. The second kappa shape index (κ2) is 7.30.